The lowest BCUT2D eigenvalue weighted by atomic mass is 10.1. The third-order valence-corrected chi connectivity index (χ3v) is 8.55. The van der Waals surface area contributed by atoms with Gasteiger partial charge in [0, 0.05) is 12.6 Å². The van der Waals surface area contributed by atoms with E-state index in [1.165, 1.54) is 29.5 Å². The third kappa shape index (κ3) is 4.88. The molecule has 6 heterocycles. The number of H-pyrrole nitrogens is 1. The van der Waals surface area contributed by atoms with Crippen molar-refractivity contribution >= 4 is 52.5 Å². The van der Waals surface area contributed by atoms with E-state index in [2.05, 4.69) is 24.9 Å². The molecule has 2 aliphatic heterocycles. The highest BCUT2D eigenvalue weighted by Crippen LogP contribution is 2.50. The summed E-state index contributed by atoms with van der Waals surface area (Å²) in [6, 6.07) is 1.52. The Hall–Kier alpha value is -3.13. The van der Waals surface area contributed by atoms with E-state index in [0.29, 0.717) is 5.39 Å². The van der Waals surface area contributed by atoms with Crippen LogP contribution in [-0.4, -0.2) is 93.4 Å². The maximum absolute atomic E-state index is 16.0. The van der Waals surface area contributed by atoms with E-state index in [4.69, 9.17) is 41.8 Å². The number of alkyl halides is 1. The van der Waals surface area contributed by atoms with Crippen molar-refractivity contribution in [2.75, 3.05) is 31.3 Å². The number of ether oxygens (including phenoxy) is 2. The molecule has 0 saturated carbocycles. The number of nitrogens with one attached hydrogen (secondary N) is 1. The van der Waals surface area contributed by atoms with Crippen molar-refractivity contribution < 1.29 is 38.0 Å². The summed E-state index contributed by atoms with van der Waals surface area (Å²) in [5.41, 5.74) is 11.2. The average molecular weight is 614 g/mol. The Morgan fingerprint density at radius 2 is 2.12 bits per heavy atom. The fourth-order valence-electron chi connectivity index (χ4n) is 4.98. The lowest BCUT2D eigenvalue weighted by Gasteiger charge is -2.27. The van der Waals surface area contributed by atoms with Crippen LogP contribution >= 0.6 is 6.72 Å². The highest BCUT2D eigenvalue weighted by atomic mass is 32.5. The van der Waals surface area contributed by atoms with Crippen LogP contribution in [0.25, 0.3) is 22.2 Å². The van der Waals surface area contributed by atoms with Gasteiger partial charge in [-0.1, -0.05) is 0 Å². The summed E-state index contributed by atoms with van der Waals surface area (Å²) < 4.78 is 41.0. The summed E-state index contributed by atoms with van der Waals surface area (Å²) in [5, 5.41) is 20.9. The molecule has 2 unspecified atom stereocenters. The molecule has 4 aromatic rings. The number of nitrogen functional groups attached to an aromatic ring is 2. The van der Waals surface area contributed by atoms with Crippen molar-refractivity contribution in [3.8, 4) is 0 Å². The van der Waals surface area contributed by atoms with Gasteiger partial charge in [-0.05, 0) is 17.9 Å². The zero-order valence-electron chi connectivity index (χ0n) is 21.0. The number of nitrogens with zero attached hydrogens (tertiary/aromatic N) is 6. The third-order valence-electron chi connectivity index (χ3n) is 6.96. The molecule has 6 rings (SSSR count). The van der Waals surface area contributed by atoms with Crippen molar-refractivity contribution in [2.24, 2.45) is 0 Å². The summed E-state index contributed by atoms with van der Waals surface area (Å²) in [6.07, 6.45) is -1.76. The normalized spacial score (nSPS) is 29.9. The van der Waals surface area contributed by atoms with E-state index in [9.17, 15) is 19.9 Å². The molecule has 220 valence electrons. The first-order chi connectivity index (χ1) is 19.5. The minimum atomic E-state index is -4.06. The Bertz CT molecular complexity index is 1720. The predicted molar refractivity (Wildman–Crippen MR) is 142 cm³/mol. The molecule has 0 aliphatic carbocycles. The van der Waals surface area contributed by atoms with E-state index in [1.54, 1.807) is 0 Å². The number of anilines is 2. The monoisotopic (exact) mass is 613 g/mol. The van der Waals surface area contributed by atoms with Crippen molar-refractivity contribution in [1.29, 1.82) is 0 Å². The van der Waals surface area contributed by atoms with Gasteiger partial charge in [0.05, 0.1) is 31.0 Å². The number of hydrogen-bond acceptors (Lipinski definition) is 14. The zero-order valence-corrected chi connectivity index (χ0v) is 22.7. The quantitative estimate of drug-likeness (QED) is 0.131. The Balaban J connectivity index is 1.17. The van der Waals surface area contributed by atoms with Gasteiger partial charge >= 0.3 is 6.72 Å². The number of fused-ring (bicyclic) bond motifs is 2. The van der Waals surface area contributed by atoms with Crippen LogP contribution in [0.1, 0.15) is 12.6 Å². The lowest BCUT2D eigenvalue weighted by Crippen LogP contribution is -2.43. The standard InChI is InChI=1S/C21H25FN9O8PS/c22-21(31-2-1-10-15(23)25-7-26-16(10)31)6-36-12(14(21)33)5-37-40(35,41)39-11-3-9(4-32)38-19(11)30-8-27-13-17(30)28-20(24)29-18(13)34/h1-2,7-9,11-12,14,19,32-33H,3-6H2,(H,35,41)(H2,23,25,26)(H3,24,28,29,34)/t9-,11+,12+,14+,19+,21?,40?/m0/s1. The number of imidazole rings is 1. The average Bonchev–Trinajstić information content (AvgIpc) is 3.69. The molecule has 41 heavy (non-hydrogen) atoms. The molecule has 7 atom stereocenters. The van der Waals surface area contributed by atoms with Crippen LogP contribution in [0.3, 0.4) is 0 Å². The minimum Gasteiger partial charge on any atom is -0.394 e. The molecule has 20 heteroatoms. The molecular formula is C21H25FN9O8PS. The zero-order chi connectivity index (χ0) is 29.1. The van der Waals surface area contributed by atoms with E-state index in [1.807, 2.05) is 0 Å². The second-order valence-corrected chi connectivity index (χ2v) is 12.3. The van der Waals surface area contributed by atoms with Gasteiger partial charge in [-0.15, -0.1) is 0 Å². The van der Waals surface area contributed by atoms with Crippen molar-refractivity contribution in [3.05, 3.63) is 35.3 Å². The number of aliphatic hydroxyl groups is 2. The maximum Gasteiger partial charge on any atom is 0.325 e. The van der Waals surface area contributed by atoms with Gasteiger partial charge in [-0.2, -0.15) is 4.98 Å². The number of rotatable bonds is 8. The van der Waals surface area contributed by atoms with Crippen LogP contribution in [0.2, 0.25) is 0 Å². The second-order valence-electron chi connectivity index (χ2n) is 9.55. The molecule has 2 aliphatic rings. The second kappa shape index (κ2) is 10.3. The molecule has 17 nitrogen and oxygen atoms in total. The van der Waals surface area contributed by atoms with E-state index in [0.717, 1.165) is 4.57 Å². The van der Waals surface area contributed by atoms with E-state index in [-0.39, 0.29) is 41.6 Å². The smallest absolute Gasteiger partial charge is 0.325 e. The van der Waals surface area contributed by atoms with Crippen molar-refractivity contribution in [2.45, 2.75) is 42.9 Å². The highest BCUT2D eigenvalue weighted by Gasteiger charge is 2.53. The number of nitrogens with two attached hydrogens (primary N) is 2. The largest absolute Gasteiger partial charge is 0.394 e. The molecular weight excluding hydrogens is 588 g/mol. The fourth-order valence-corrected chi connectivity index (χ4v) is 6.42. The van der Waals surface area contributed by atoms with Gasteiger partial charge in [-0.3, -0.25) is 18.9 Å². The molecule has 8 N–H and O–H groups in total. The number of halogens is 1. The summed E-state index contributed by atoms with van der Waals surface area (Å²) >= 11 is 5.18. The summed E-state index contributed by atoms with van der Waals surface area (Å²) in [5.74, 6) is -2.43. The Morgan fingerprint density at radius 1 is 1.32 bits per heavy atom. The summed E-state index contributed by atoms with van der Waals surface area (Å²) in [4.78, 5) is 41.5. The molecule has 2 saturated heterocycles. The SMILES string of the molecule is Nc1nc2c(ncn2[C@@H]2O[C@H](CO)C[C@H]2OP(O)(=S)OC[C@H]2OCC(F)(n3ccc4c(N)ncnc43)[C@@H]2O)c(=O)[nH]1. The number of aromatic nitrogens is 7. The lowest BCUT2D eigenvalue weighted by molar-refractivity contribution is -0.0527. The van der Waals surface area contributed by atoms with Crippen LogP contribution < -0.4 is 17.0 Å². The van der Waals surface area contributed by atoms with Gasteiger partial charge in [0.1, 0.15) is 42.7 Å². The molecule has 0 amide bonds. The van der Waals surface area contributed by atoms with Crippen molar-refractivity contribution in [1.82, 2.24) is 34.1 Å². The first-order valence-electron chi connectivity index (χ1n) is 12.2. The van der Waals surface area contributed by atoms with Crippen LogP contribution in [0.15, 0.2) is 29.7 Å². The topological polar surface area (TPSA) is 244 Å². The number of aliphatic hydroxyl groups excluding tert-OH is 2. The Morgan fingerprint density at radius 3 is 2.90 bits per heavy atom. The van der Waals surface area contributed by atoms with Crippen LogP contribution in [0.5, 0.6) is 0 Å². The van der Waals surface area contributed by atoms with E-state index < -0.39 is 61.9 Å². The van der Waals surface area contributed by atoms with Gasteiger partial charge in [0.15, 0.2) is 17.4 Å². The summed E-state index contributed by atoms with van der Waals surface area (Å²) in [7, 11) is 0. The van der Waals surface area contributed by atoms with Crippen LogP contribution in [0.4, 0.5) is 16.2 Å². The van der Waals surface area contributed by atoms with Crippen molar-refractivity contribution in [3.63, 3.8) is 0 Å². The molecule has 0 aromatic carbocycles. The molecule has 0 radical (unpaired) electrons. The first-order valence-corrected chi connectivity index (χ1v) is 14.8. The van der Waals surface area contributed by atoms with E-state index >= 15 is 4.39 Å². The molecule has 0 spiro atoms. The van der Waals surface area contributed by atoms with Gasteiger partial charge in [0.2, 0.25) is 11.7 Å². The Labute approximate surface area is 234 Å². The van der Waals surface area contributed by atoms with Gasteiger partial charge in [0.25, 0.3) is 5.56 Å². The fraction of sp³-hybridized carbons (Fsp3) is 0.476. The highest BCUT2D eigenvalue weighted by molar-refractivity contribution is 8.07. The van der Waals surface area contributed by atoms with Crippen LogP contribution in [-0.2, 0) is 36.1 Å². The van der Waals surface area contributed by atoms with Crippen LogP contribution in [0, 0.1) is 0 Å². The number of aromatic amines is 1. The molecule has 2 fully saturated rings. The summed E-state index contributed by atoms with van der Waals surface area (Å²) in [6.45, 7) is -5.50. The molecule has 4 aromatic heterocycles. The minimum absolute atomic E-state index is 0.0135. The number of hydrogen-bond donors (Lipinski definition) is 6. The maximum atomic E-state index is 16.0. The molecule has 0 bridgehead atoms. The Kier molecular flexibility index (Phi) is 7.04. The first kappa shape index (κ1) is 28.0. The predicted octanol–water partition coefficient (Wildman–Crippen LogP) is -0.991. The van der Waals surface area contributed by atoms with Gasteiger partial charge in [-0.25, -0.2) is 19.3 Å². The van der Waals surface area contributed by atoms with Gasteiger partial charge < -0.3 is 45.1 Å².